The summed E-state index contributed by atoms with van der Waals surface area (Å²) in [4.78, 5) is 0. The molecule has 1 heteroatoms. The molecule has 11 heavy (non-hydrogen) atoms. The van der Waals surface area contributed by atoms with Gasteiger partial charge in [-0.1, -0.05) is 32.8 Å². The predicted octanol–water partition coefficient (Wildman–Crippen LogP) is 2.63. The molecular formula is C10H19N. The molecule has 0 spiro atoms. The van der Waals surface area contributed by atoms with Crippen molar-refractivity contribution in [3.05, 3.63) is 17.9 Å². The Morgan fingerprint density at radius 1 is 1.36 bits per heavy atom. The van der Waals surface area contributed by atoms with Crippen LogP contribution in [0, 0.1) is 0 Å². The molecule has 0 aromatic heterocycles. The molecule has 64 valence electrons. The lowest BCUT2D eigenvalue weighted by atomic mass is 10.1. The van der Waals surface area contributed by atoms with E-state index in [2.05, 4.69) is 19.2 Å². The van der Waals surface area contributed by atoms with E-state index in [-0.39, 0.29) is 0 Å². The van der Waals surface area contributed by atoms with E-state index in [0.29, 0.717) is 6.54 Å². The molecule has 0 fully saturated rings. The Hall–Kier alpha value is -0.520. The van der Waals surface area contributed by atoms with Crippen molar-refractivity contribution >= 4 is 0 Å². The maximum Gasteiger partial charge on any atom is 0.0213 e. The van der Waals surface area contributed by atoms with Crippen molar-refractivity contribution in [3.63, 3.8) is 0 Å². The molecule has 0 rings (SSSR count). The summed E-state index contributed by atoms with van der Waals surface area (Å²) in [6, 6.07) is 0. The van der Waals surface area contributed by atoms with E-state index in [1.807, 2.05) is 0 Å². The third kappa shape index (κ3) is 5.90. The minimum absolute atomic E-state index is 0.621. The summed E-state index contributed by atoms with van der Waals surface area (Å²) >= 11 is 0. The maximum absolute atomic E-state index is 5.46. The zero-order chi connectivity index (χ0) is 8.53. The van der Waals surface area contributed by atoms with Crippen LogP contribution in [0.2, 0.25) is 0 Å². The molecule has 0 aliphatic heterocycles. The molecule has 0 aromatic carbocycles. The molecule has 0 bridgehead atoms. The van der Waals surface area contributed by atoms with Gasteiger partial charge in [-0.15, -0.1) is 5.73 Å². The minimum Gasteiger partial charge on any atom is -0.326 e. The lowest BCUT2D eigenvalue weighted by Gasteiger charge is -2.00. The number of nitrogens with two attached hydrogens (primary N) is 1. The lowest BCUT2D eigenvalue weighted by Crippen LogP contribution is -2.01. The Bertz CT molecular complexity index is 132. The summed E-state index contributed by atoms with van der Waals surface area (Å²) in [5, 5.41) is 0. The molecule has 0 amide bonds. The van der Waals surface area contributed by atoms with Crippen molar-refractivity contribution in [2.75, 3.05) is 6.54 Å². The summed E-state index contributed by atoms with van der Waals surface area (Å²) in [5.74, 6) is 0. The normalized spacial score (nSPS) is 9.27. The van der Waals surface area contributed by atoms with E-state index in [0.717, 1.165) is 6.42 Å². The Morgan fingerprint density at radius 3 is 2.55 bits per heavy atom. The average molecular weight is 153 g/mol. The fraction of sp³-hybridized carbons (Fsp3) is 0.700. The average Bonchev–Trinajstić information content (AvgIpc) is 2.05. The summed E-state index contributed by atoms with van der Waals surface area (Å²) < 4.78 is 0. The summed E-state index contributed by atoms with van der Waals surface area (Å²) in [5.41, 5.74) is 9.50. The van der Waals surface area contributed by atoms with Gasteiger partial charge in [-0.05, 0) is 18.4 Å². The van der Waals surface area contributed by atoms with E-state index < -0.39 is 0 Å². The zero-order valence-electron chi connectivity index (χ0n) is 7.53. The quantitative estimate of drug-likeness (QED) is 0.460. The Kier molecular flexibility index (Phi) is 7.23. The first-order valence-electron chi connectivity index (χ1n) is 4.43. The van der Waals surface area contributed by atoms with Crippen molar-refractivity contribution in [1.82, 2.24) is 0 Å². The Balaban J connectivity index is 3.30. The third-order valence-corrected chi connectivity index (χ3v) is 1.83. The monoisotopic (exact) mass is 153 g/mol. The molecule has 0 unspecified atom stereocenters. The molecule has 0 aliphatic rings. The minimum atomic E-state index is 0.621. The second-order valence-electron chi connectivity index (χ2n) is 2.80. The van der Waals surface area contributed by atoms with Gasteiger partial charge < -0.3 is 5.73 Å². The van der Waals surface area contributed by atoms with Gasteiger partial charge in [-0.2, -0.15) is 0 Å². The molecule has 0 saturated carbocycles. The van der Waals surface area contributed by atoms with Gasteiger partial charge in [-0.3, -0.25) is 0 Å². The maximum atomic E-state index is 5.46. The summed E-state index contributed by atoms with van der Waals surface area (Å²) in [6.45, 7) is 6.42. The second-order valence-corrected chi connectivity index (χ2v) is 2.80. The third-order valence-electron chi connectivity index (χ3n) is 1.83. The standard InChI is InChI=1S/C10H19N/c1-3-5-6-7-8-10(4-2)9-11/h2-3,5-9,11H2,1H3. The van der Waals surface area contributed by atoms with Crippen LogP contribution in [0.5, 0.6) is 0 Å². The van der Waals surface area contributed by atoms with Crippen LogP contribution in [-0.4, -0.2) is 6.54 Å². The van der Waals surface area contributed by atoms with Crippen molar-refractivity contribution in [2.45, 2.75) is 39.0 Å². The SMILES string of the molecule is C=C=C(CN)CCCCCC. The van der Waals surface area contributed by atoms with E-state index in [1.165, 1.54) is 31.3 Å². The highest BCUT2D eigenvalue weighted by Gasteiger charge is 1.92. The highest BCUT2D eigenvalue weighted by Crippen LogP contribution is 2.07. The van der Waals surface area contributed by atoms with Gasteiger partial charge in [-0.25, -0.2) is 0 Å². The van der Waals surface area contributed by atoms with E-state index in [4.69, 9.17) is 5.73 Å². The van der Waals surface area contributed by atoms with Crippen LogP contribution in [0.1, 0.15) is 39.0 Å². The van der Waals surface area contributed by atoms with Crippen LogP contribution in [0.4, 0.5) is 0 Å². The molecule has 0 saturated heterocycles. The fourth-order valence-corrected chi connectivity index (χ4v) is 1.03. The van der Waals surface area contributed by atoms with Gasteiger partial charge in [0.1, 0.15) is 0 Å². The number of hydrogen-bond acceptors (Lipinski definition) is 1. The van der Waals surface area contributed by atoms with E-state index in [1.54, 1.807) is 0 Å². The van der Waals surface area contributed by atoms with Gasteiger partial charge in [0, 0.05) is 6.54 Å². The van der Waals surface area contributed by atoms with Gasteiger partial charge in [0.05, 0.1) is 0 Å². The number of hydrogen-bond donors (Lipinski definition) is 1. The first-order valence-corrected chi connectivity index (χ1v) is 4.43. The van der Waals surface area contributed by atoms with Gasteiger partial charge in [0.25, 0.3) is 0 Å². The summed E-state index contributed by atoms with van der Waals surface area (Å²) in [6.07, 6.45) is 6.25. The molecule has 0 atom stereocenters. The van der Waals surface area contributed by atoms with Crippen LogP contribution >= 0.6 is 0 Å². The van der Waals surface area contributed by atoms with Crippen LogP contribution in [0.3, 0.4) is 0 Å². The van der Waals surface area contributed by atoms with Crippen LogP contribution in [-0.2, 0) is 0 Å². The Labute approximate surface area is 70.0 Å². The van der Waals surface area contributed by atoms with Gasteiger partial charge in [0.2, 0.25) is 0 Å². The fourth-order valence-electron chi connectivity index (χ4n) is 1.03. The predicted molar refractivity (Wildman–Crippen MR) is 50.5 cm³/mol. The van der Waals surface area contributed by atoms with E-state index >= 15 is 0 Å². The molecule has 0 heterocycles. The Morgan fingerprint density at radius 2 is 2.09 bits per heavy atom. The smallest absolute Gasteiger partial charge is 0.0213 e. The first kappa shape index (κ1) is 10.5. The zero-order valence-corrected chi connectivity index (χ0v) is 7.53. The molecule has 0 aromatic rings. The lowest BCUT2D eigenvalue weighted by molar-refractivity contribution is 0.661. The molecule has 0 aliphatic carbocycles. The highest BCUT2D eigenvalue weighted by atomic mass is 14.5. The molecule has 2 N–H and O–H groups in total. The molecular weight excluding hydrogens is 134 g/mol. The largest absolute Gasteiger partial charge is 0.326 e. The summed E-state index contributed by atoms with van der Waals surface area (Å²) in [7, 11) is 0. The molecule has 0 radical (unpaired) electrons. The topological polar surface area (TPSA) is 26.0 Å². The first-order chi connectivity index (χ1) is 5.35. The van der Waals surface area contributed by atoms with Crippen LogP contribution < -0.4 is 5.73 Å². The number of unbranched alkanes of at least 4 members (excludes halogenated alkanes) is 3. The van der Waals surface area contributed by atoms with Crippen molar-refractivity contribution in [3.8, 4) is 0 Å². The van der Waals surface area contributed by atoms with Gasteiger partial charge in [0.15, 0.2) is 0 Å². The highest BCUT2D eigenvalue weighted by molar-refractivity contribution is 4.99. The number of rotatable bonds is 6. The van der Waals surface area contributed by atoms with Gasteiger partial charge >= 0.3 is 0 Å². The van der Waals surface area contributed by atoms with Crippen molar-refractivity contribution in [2.24, 2.45) is 5.73 Å². The second kappa shape index (κ2) is 7.59. The van der Waals surface area contributed by atoms with Crippen molar-refractivity contribution < 1.29 is 0 Å². The van der Waals surface area contributed by atoms with Crippen LogP contribution in [0.15, 0.2) is 17.9 Å². The van der Waals surface area contributed by atoms with E-state index in [9.17, 15) is 0 Å². The van der Waals surface area contributed by atoms with Crippen LogP contribution in [0.25, 0.3) is 0 Å². The van der Waals surface area contributed by atoms with Crippen molar-refractivity contribution in [1.29, 1.82) is 0 Å². The molecule has 1 nitrogen and oxygen atoms in total.